The van der Waals surface area contributed by atoms with Crippen LogP contribution in [0.4, 0.5) is 0 Å². The third kappa shape index (κ3) is 2.40. The SMILES string of the molecule is O=C(CN1CCN(C2CC2)CC1)C1CC1. The van der Waals surface area contributed by atoms with E-state index in [9.17, 15) is 4.79 Å². The molecular weight excluding hydrogens is 188 g/mol. The van der Waals surface area contributed by atoms with Crippen molar-refractivity contribution in [2.24, 2.45) is 5.92 Å². The highest BCUT2D eigenvalue weighted by atomic mass is 16.1. The maximum Gasteiger partial charge on any atom is 0.149 e. The second kappa shape index (κ2) is 3.87. The van der Waals surface area contributed by atoms with E-state index in [1.807, 2.05) is 0 Å². The van der Waals surface area contributed by atoms with E-state index >= 15 is 0 Å². The van der Waals surface area contributed by atoms with Gasteiger partial charge < -0.3 is 0 Å². The smallest absolute Gasteiger partial charge is 0.149 e. The molecule has 84 valence electrons. The summed E-state index contributed by atoms with van der Waals surface area (Å²) in [5, 5.41) is 0. The van der Waals surface area contributed by atoms with Crippen LogP contribution in [0.5, 0.6) is 0 Å². The Hall–Kier alpha value is -0.410. The fourth-order valence-corrected chi connectivity index (χ4v) is 2.48. The van der Waals surface area contributed by atoms with Crippen molar-refractivity contribution in [3.05, 3.63) is 0 Å². The van der Waals surface area contributed by atoms with E-state index in [1.54, 1.807) is 0 Å². The van der Waals surface area contributed by atoms with Crippen LogP contribution < -0.4 is 0 Å². The van der Waals surface area contributed by atoms with Crippen molar-refractivity contribution in [1.82, 2.24) is 9.80 Å². The zero-order chi connectivity index (χ0) is 10.3. The van der Waals surface area contributed by atoms with Crippen molar-refractivity contribution in [1.29, 1.82) is 0 Å². The molecule has 0 bridgehead atoms. The number of carbonyl (C=O) groups is 1. The lowest BCUT2D eigenvalue weighted by Gasteiger charge is -2.34. The molecule has 0 amide bonds. The average molecular weight is 208 g/mol. The third-order valence-electron chi connectivity index (χ3n) is 3.88. The van der Waals surface area contributed by atoms with Crippen LogP contribution in [0, 0.1) is 5.92 Å². The van der Waals surface area contributed by atoms with Gasteiger partial charge in [0, 0.05) is 38.1 Å². The summed E-state index contributed by atoms with van der Waals surface area (Å²) in [6.45, 7) is 5.30. The van der Waals surface area contributed by atoms with E-state index < -0.39 is 0 Å². The van der Waals surface area contributed by atoms with Gasteiger partial charge in [0.1, 0.15) is 5.78 Å². The van der Waals surface area contributed by atoms with Gasteiger partial charge in [-0.3, -0.25) is 14.6 Å². The largest absolute Gasteiger partial charge is 0.298 e. The average Bonchev–Trinajstić information content (AvgIpc) is 3.11. The fraction of sp³-hybridized carbons (Fsp3) is 0.917. The molecule has 0 aromatic heterocycles. The zero-order valence-electron chi connectivity index (χ0n) is 9.32. The summed E-state index contributed by atoms with van der Waals surface area (Å²) in [4.78, 5) is 16.6. The van der Waals surface area contributed by atoms with Crippen molar-refractivity contribution in [2.75, 3.05) is 32.7 Å². The number of hydrogen-bond acceptors (Lipinski definition) is 3. The normalized spacial score (nSPS) is 29.3. The quantitative estimate of drug-likeness (QED) is 0.681. The summed E-state index contributed by atoms with van der Waals surface area (Å²) >= 11 is 0. The van der Waals surface area contributed by atoms with Crippen molar-refractivity contribution >= 4 is 5.78 Å². The Morgan fingerprint density at radius 1 is 1.00 bits per heavy atom. The molecule has 0 unspecified atom stereocenters. The number of Topliss-reactive ketones (excluding diaryl/α,β-unsaturated/α-hetero) is 1. The highest BCUT2D eigenvalue weighted by Gasteiger charge is 2.33. The number of rotatable bonds is 4. The highest BCUT2D eigenvalue weighted by molar-refractivity contribution is 5.84. The molecule has 1 saturated heterocycles. The summed E-state index contributed by atoms with van der Waals surface area (Å²) < 4.78 is 0. The molecule has 2 saturated carbocycles. The minimum atomic E-state index is 0.437. The van der Waals surface area contributed by atoms with Crippen molar-refractivity contribution in [3.8, 4) is 0 Å². The van der Waals surface area contributed by atoms with Gasteiger partial charge in [-0.1, -0.05) is 0 Å². The Kier molecular flexibility index (Phi) is 2.53. The zero-order valence-corrected chi connectivity index (χ0v) is 9.32. The standard InChI is InChI=1S/C12H20N2O/c15-12(10-1-2-10)9-13-5-7-14(8-6-13)11-3-4-11/h10-11H,1-9H2. The van der Waals surface area contributed by atoms with Crippen LogP contribution in [0.15, 0.2) is 0 Å². The molecule has 0 atom stereocenters. The molecule has 3 heteroatoms. The molecule has 2 aliphatic carbocycles. The van der Waals surface area contributed by atoms with Gasteiger partial charge in [0.25, 0.3) is 0 Å². The van der Waals surface area contributed by atoms with Crippen LogP contribution in [0.3, 0.4) is 0 Å². The Morgan fingerprint density at radius 3 is 2.20 bits per heavy atom. The Morgan fingerprint density at radius 2 is 1.67 bits per heavy atom. The minimum absolute atomic E-state index is 0.437. The first-order valence-corrected chi connectivity index (χ1v) is 6.32. The molecule has 0 spiro atoms. The molecule has 1 heterocycles. The van der Waals surface area contributed by atoms with Crippen LogP contribution >= 0.6 is 0 Å². The van der Waals surface area contributed by atoms with Crippen LogP contribution in [-0.2, 0) is 4.79 Å². The predicted octanol–water partition coefficient (Wildman–Crippen LogP) is 0.745. The maximum atomic E-state index is 11.6. The lowest BCUT2D eigenvalue weighted by Crippen LogP contribution is -2.48. The number of piperazine rings is 1. The number of hydrogen-bond donors (Lipinski definition) is 0. The van der Waals surface area contributed by atoms with E-state index in [1.165, 1.54) is 25.9 Å². The van der Waals surface area contributed by atoms with Crippen LogP contribution in [-0.4, -0.2) is 54.3 Å². The van der Waals surface area contributed by atoms with E-state index in [2.05, 4.69) is 9.80 Å². The van der Waals surface area contributed by atoms with Crippen LogP contribution in [0.2, 0.25) is 0 Å². The second-order valence-corrected chi connectivity index (χ2v) is 5.28. The van der Waals surface area contributed by atoms with E-state index in [0.29, 0.717) is 11.7 Å². The van der Waals surface area contributed by atoms with Crippen LogP contribution in [0.25, 0.3) is 0 Å². The Balaban J connectivity index is 1.42. The van der Waals surface area contributed by atoms with Gasteiger partial charge >= 0.3 is 0 Å². The van der Waals surface area contributed by atoms with Gasteiger partial charge in [-0.25, -0.2) is 0 Å². The maximum absolute atomic E-state index is 11.6. The molecule has 3 aliphatic rings. The topological polar surface area (TPSA) is 23.6 Å². The number of nitrogens with zero attached hydrogens (tertiary/aromatic N) is 2. The lowest BCUT2D eigenvalue weighted by molar-refractivity contribution is -0.121. The predicted molar refractivity (Wildman–Crippen MR) is 58.8 cm³/mol. The van der Waals surface area contributed by atoms with Gasteiger partial charge in [-0.05, 0) is 25.7 Å². The molecule has 0 aromatic carbocycles. The van der Waals surface area contributed by atoms with E-state index in [0.717, 1.165) is 38.5 Å². The van der Waals surface area contributed by atoms with Gasteiger partial charge in [-0.2, -0.15) is 0 Å². The monoisotopic (exact) mass is 208 g/mol. The highest BCUT2D eigenvalue weighted by Crippen LogP contribution is 2.30. The minimum Gasteiger partial charge on any atom is -0.298 e. The third-order valence-corrected chi connectivity index (χ3v) is 3.88. The first-order chi connectivity index (χ1) is 7.33. The van der Waals surface area contributed by atoms with Crippen LogP contribution in [0.1, 0.15) is 25.7 Å². The molecule has 0 N–H and O–H groups in total. The van der Waals surface area contributed by atoms with E-state index in [4.69, 9.17) is 0 Å². The van der Waals surface area contributed by atoms with Crippen molar-refractivity contribution < 1.29 is 4.79 Å². The van der Waals surface area contributed by atoms with E-state index in [-0.39, 0.29) is 0 Å². The van der Waals surface area contributed by atoms with Gasteiger partial charge in [-0.15, -0.1) is 0 Å². The molecular formula is C12H20N2O. The molecule has 3 fully saturated rings. The second-order valence-electron chi connectivity index (χ2n) is 5.28. The number of carbonyl (C=O) groups excluding carboxylic acids is 1. The van der Waals surface area contributed by atoms with Gasteiger partial charge in [0.05, 0.1) is 6.54 Å². The van der Waals surface area contributed by atoms with Gasteiger partial charge in [0.15, 0.2) is 0 Å². The number of ketones is 1. The summed E-state index contributed by atoms with van der Waals surface area (Å²) in [7, 11) is 0. The molecule has 1 aliphatic heterocycles. The summed E-state index contributed by atoms with van der Waals surface area (Å²) in [6.07, 6.45) is 5.11. The lowest BCUT2D eigenvalue weighted by atomic mass is 10.2. The molecule has 0 aromatic rings. The Bertz CT molecular complexity index is 250. The molecule has 3 rings (SSSR count). The summed E-state index contributed by atoms with van der Waals surface area (Å²) in [5.74, 6) is 0.932. The molecule has 15 heavy (non-hydrogen) atoms. The summed E-state index contributed by atoms with van der Waals surface area (Å²) in [5.41, 5.74) is 0. The Labute approximate surface area is 91.4 Å². The molecule has 3 nitrogen and oxygen atoms in total. The molecule has 0 radical (unpaired) electrons. The van der Waals surface area contributed by atoms with Gasteiger partial charge in [0.2, 0.25) is 0 Å². The van der Waals surface area contributed by atoms with Crippen molar-refractivity contribution in [3.63, 3.8) is 0 Å². The fourth-order valence-electron chi connectivity index (χ4n) is 2.48. The summed E-state index contributed by atoms with van der Waals surface area (Å²) in [6, 6.07) is 0.895. The van der Waals surface area contributed by atoms with Crippen molar-refractivity contribution in [2.45, 2.75) is 31.7 Å². The first-order valence-electron chi connectivity index (χ1n) is 6.32. The first kappa shape index (κ1) is 9.79.